The monoisotopic (exact) mass is 403 g/mol. The summed E-state index contributed by atoms with van der Waals surface area (Å²) in [6, 6.07) is 14.5. The van der Waals surface area contributed by atoms with Crippen molar-refractivity contribution in [2.75, 3.05) is 5.32 Å². The molecule has 0 saturated carbocycles. The van der Waals surface area contributed by atoms with Crippen molar-refractivity contribution in [2.45, 2.75) is 26.5 Å². The van der Waals surface area contributed by atoms with E-state index in [1.54, 1.807) is 35.1 Å². The maximum atomic E-state index is 12.4. The van der Waals surface area contributed by atoms with Crippen LogP contribution in [-0.2, 0) is 6.73 Å². The summed E-state index contributed by atoms with van der Waals surface area (Å²) < 4.78 is 7.24. The van der Waals surface area contributed by atoms with Gasteiger partial charge >= 0.3 is 0 Å². The van der Waals surface area contributed by atoms with E-state index in [0.29, 0.717) is 21.7 Å². The number of aromatic nitrogens is 2. The molecule has 0 fully saturated rings. The molecular formula is C20H19Cl2N3O2. The highest BCUT2D eigenvalue weighted by Gasteiger charge is 2.14. The summed E-state index contributed by atoms with van der Waals surface area (Å²) in [5.41, 5.74) is 1.85. The Labute approximate surface area is 167 Å². The molecule has 0 atom stereocenters. The lowest BCUT2D eigenvalue weighted by Crippen LogP contribution is -2.14. The van der Waals surface area contributed by atoms with Crippen LogP contribution in [0.15, 0.2) is 54.7 Å². The van der Waals surface area contributed by atoms with Gasteiger partial charge in [0.2, 0.25) is 0 Å². The van der Waals surface area contributed by atoms with Gasteiger partial charge < -0.3 is 10.1 Å². The van der Waals surface area contributed by atoms with Crippen molar-refractivity contribution < 1.29 is 9.53 Å². The molecule has 27 heavy (non-hydrogen) atoms. The van der Waals surface area contributed by atoms with E-state index in [1.165, 1.54) is 5.56 Å². The number of carbonyl (C=O) groups excluding carboxylic acids is 1. The number of anilines is 1. The van der Waals surface area contributed by atoms with Crippen LogP contribution in [0.1, 0.15) is 35.8 Å². The molecule has 140 valence electrons. The largest absolute Gasteiger partial charge is 0.471 e. The lowest BCUT2D eigenvalue weighted by Gasteiger charge is -2.09. The number of carbonyl (C=O) groups is 1. The molecule has 0 aliphatic carbocycles. The minimum atomic E-state index is -0.398. The number of halogens is 2. The van der Waals surface area contributed by atoms with Crippen molar-refractivity contribution in [2.24, 2.45) is 0 Å². The number of nitrogens with zero attached hydrogens (tertiary/aromatic N) is 2. The Bertz CT molecular complexity index is 916. The van der Waals surface area contributed by atoms with E-state index in [1.807, 2.05) is 24.3 Å². The highest BCUT2D eigenvalue weighted by atomic mass is 35.5. The van der Waals surface area contributed by atoms with E-state index in [4.69, 9.17) is 27.9 Å². The maximum absolute atomic E-state index is 12.4. The summed E-state index contributed by atoms with van der Waals surface area (Å²) >= 11 is 12.1. The number of hydrogen-bond acceptors (Lipinski definition) is 3. The van der Waals surface area contributed by atoms with Gasteiger partial charge in [-0.15, -0.1) is 0 Å². The van der Waals surface area contributed by atoms with Gasteiger partial charge in [0.25, 0.3) is 5.91 Å². The van der Waals surface area contributed by atoms with Crippen molar-refractivity contribution in [3.63, 3.8) is 0 Å². The minimum Gasteiger partial charge on any atom is -0.471 e. The van der Waals surface area contributed by atoms with Crippen LogP contribution in [0.25, 0.3) is 0 Å². The van der Waals surface area contributed by atoms with Gasteiger partial charge in [-0.1, -0.05) is 55.2 Å². The molecular weight excluding hydrogens is 385 g/mol. The van der Waals surface area contributed by atoms with Crippen LogP contribution in [0.3, 0.4) is 0 Å². The average molecular weight is 404 g/mol. The molecule has 2 aromatic carbocycles. The number of hydrogen-bond donors (Lipinski definition) is 1. The van der Waals surface area contributed by atoms with Gasteiger partial charge in [0.1, 0.15) is 5.75 Å². The lowest BCUT2D eigenvalue weighted by atomic mass is 10.0. The predicted molar refractivity (Wildman–Crippen MR) is 108 cm³/mol. The number of benzene rings is 2. The number of nitrogens with one attached hydrogen (secondary N) is 1. The van der Waals surface area contributed by atoms with Crippen LogP contribution in [0.5, 0.6) is 5.75 Å². The van der Waals surface area contributed by atoms with Crippen LogP contribution < -0.4 is 10.1 Å². The van der Waals surface area contributed by atoms with Crippen molar-refractivity contribution >= 4 is 34.8 Å². The molecule has 1 amide bonds. The third-order valence-electron chi connectivity index (χ3n) is 3.98. The van der Waals surface area contributed by atoms with Gasteiger partial charge in [-0.05, 0) is 41.8 Å². The number of para-hydroxylation sites is 1. The third kappa shape index (κ3) is 4.81. The van der Waals surface area contributed by atoms with E-state index in [9.17, 15) is 4.79 Å². The molecule has 7 heteroatoms. The molecule has 1 heterocycles. The number of rotatable bonds is 6. The van der Waals surface area contributed by atoms with Gasteiger partial charge in [0.05, 0.1) is 15.7 Å². The van der Waals surface area contributed by atoms with Crippen LogP contribution in [0.4, 0.5) is 5.69 Å². The third-order valence-corrected chi connectivity index (χ3v) is 4.61. The first kappa shape index (κ1) is 19.3. The van der Waals surface area contributed by atoms with E-state index < -0.39 is 5.91 Å². The van der Waals surface area contributed by atoms with Crippen molar-refractivity contribution in [3.05, 3.63) is 76.0 Å². The molecule has 0 radical (unpaired) electrons. The lowest BCUT2D eigenvalue weighted by molar-refractivity contribution is 0.102. The second kappa shape index (κ2) is 8.46. The summed E-state index contributed by atoms with van der Waals surface area (Å²) in [4.78, 5) is 12.4. The second-order valence-electron chi connectivity index (χ2n) is 6.29. The fraction of sp³-hybridized carbons (Fsp3) is 0.200. The van der Waals surface area contributed by atoms with E-state index in [-0.39, 0.29) is 12.4 Å². The van der Waals surface area contributed by atoms with E-state index >= 15 is 0 Å². The topological polar surface area (TPSA) is 56.1 Å². The molecule has 0 bridgehead atoms. The summed E-state index contributed by atoms with van der Waals surface area (Å²) in [5.74, 6) is 0.812. The zero-order valence-electron chi connectivity index (χ0n) is 14.9. The fourth-order valence-corrected chi connectivity index (χ4v) is 2.93. The van der Waals surface area contributed by atoms with E-state index in [2.05, 4.69) is 24.3 Å². The average Bonchev–Trinajstić information content (AvgIpc) is 3.12. The SMILES string of the molecule is CC(C)c1ccc(OCn2ccc(C(=O)Nc3c(Cl)cccc3Cl)n2)cc1. The number of amides is 1. The molecule has 0 saturated heterocycles. The molecule has 0 spiro atoms. The fourth-order valence-electron chi connectivity index (χ4n) is 2.44. The highest BCUT2D eigenvalue weighted by molar-refractivity contribution is 6.39. The van der Waals surface area contributed by atoms with Crippen molar-refractivity contribution in [1.82, 2.24) is 9.78 Å². The summed E-state index contributed by atoms with van der Waals surface area (Å²) in [6.45, 7) is 4.48. The predicted octanol–water partition coefficient (Wildman–Crippen LogP) is 5.60. The first-order valence-corrected chi connectivity index (χ1v) is 9.21. The van der Waals surface area contributed by atoms with Gasteiger partial charge in [-0.25, -0.2) is 4.68 Å². The van der Waals surface area contributed by atoms with Crippen LogP contribution in [0, 0.1) is 0 Å². The molecule has 0 unspecified atom stereocenters. The van der Waals surface area contributed by atoms with Crippen LogP contribution in [0.2, 0.25) is 10.0 Å². The Hall–Kier alpha value is -2.50. The summed E-state index contributed by atoms with van der Waals surface area (Å²) in [5, 5.41) is 7.63. The summed E-state index contributed by atoms with van der Waals surface area (Å²) in [7, 11) is 0. The second-order valence-corrected chi connectivity index (χ2v) is 7.10. The van der Waals surface area contributed by atoms with Gasteiger partial charge in [0, 0.05) is 6.20 Å². The maximum Gasteiger partial charge on any atom is 0.276 e. The molecule has 0 aliphatic heterocycles. The highest BCUT2D eigenvalue weighted by Crippen LogP contribution is 2.30. The summed E-state index contributed by atoms with van der Waals surface area (Å²) in [6.07, 6.45) is 1.67. The first-order chi connectivity index (χ1) is 12.9. The minimum absolute atomic E-state index is 0.196. The van der Waals surface area contributed by atoms with Gasteiger partial charge in [-0.2, -0.15) is 5.10 Å². The van der Waals surface area contributed by atoms with E-state index in [0.717, 1.165) is 5.75 Å². The Balaban J connectivity index is 1.61. The van der Waals surface area contributed by atoms with Gasteiger partial charge in [-0.3, -0.25) is 4.79 Å². The van der Waals surface area contributed by atoms with Gasteiger partial charge in [0.15, 0.2) is 12.4 Å². The smallest absolute Gasteiger partial charge is 0.276 e. The number of ether oxygens (including phenoxy) is 1. The zero-order valence-corrected chi connectivity index (χ0v) is 16.5. The van der Waals surface area contributed by atoms with Crippen LogP contribution >= 0.6 is 23.2 Å². The first-order valence-electron chi connectivity index (χ1n) is 8.45. The quantitative estimate of drug-likeness (QED) is 0.582. The molecule has 3 aromatic rings. The Morgan fingerprint density at radius 3 is 2.41 bits per heavy atom. The zero-order chi connectivity index (χ0) is 19.4. The molecule has 1 N–H and O–H groups in total. The molecule has 1 aromatic heterocycles. The Kier molecular flexibility index (Phi) is 6.04. The Morgan fingerprint density at radius 2 is 1.78 bits per heavy atom. The van der Waals surface area contributed by atoms with Crippen LogP contribution in [-0.4, -0.2) is 15.7 Å². The standard InChI is InChI=1S/C20H19Cl2N3O2/c1-13(2)14-6-8-15(9-7-14)27-12-25-11-10-18(24-25)20(26)23-19-16(21)4-3-5-17(19)22/h3-11,13H,12H2,1-2H3,(H,23,26). The molecule has 3 rings (SSSR count). The van der Waals surface area contributed by atoms with Crippen molar-refractivity contribution in [3.8, 4) is 5.75 Å². The van der Waals surface area contributed by atoms with Crippen molar-refractivity contribution in [1.29, 1.82) is 0 Å². The molecule has 0 aliphatic rings. The Morgan fingerprint density at radius 1 is 1.11 bits per heavy atom. The normalized spacial score (nSPS) is 10.9. The molecule has 5 nitrogen and oxygen atoms in total.